The Morgan fingerprint density at radius 1 is 1.24 bits per heavy atom. The van der Waals surface area contributed by atoms with Gasteiger partial charge in [0.15, 0.2) is 0 Å². The third-order valence-corrected chi connectivity index (χ3v) is 3.96. The lowest BCUT2D eigenvalue weighted by atomic mass is 10.1. The van der Waals surface area contributed by atoms with Gasteiger partial charge < -0.3 is 10.0 Å². The second-order valence-corrected chi connectivity index (χ2v) is 5.43. The van der Waals surface area contributed by atoms with E-state index >= 15 is 0 Å². The Hall–Kier alpha value is -1.00. The van der Waals surface area contributed by atoms with Gasteiger partial charge in [-0.3, -0.25) is 0 Å². The van der Waals surface area contributed by atoms with Crippen LogP contribution in [0.3, 0.4) is 0 Å². The minimum Gasteiger partial charge on any atom is -0.478 e. The van der Waals surface area contributed by atoms with Gasteiger partial charge in [0.25, 0.3) is 0 Å². The zero-order chi connectivity index (χ0) is 12.1. The van der Waals surface area contributed by atoms with E-state index in [1.807, 2.05) is 23.9 Å². The zero-order valence-electron chi connectivity index (χ0n) is 9.76. The molecule has 0 amide bonds. The summed E-state index contributed by atoms with van der Waals surface area (Å²) in [6.45, 7) is 3.43. The number of hydrogen-bond acceptors (Lipinski definition) is 3. The van der Waals surface area contributed by atoms with E-state index in [2.05, 4.69) is 4.90 Å². The first-order valence-electron chi connectivity index (χ1n) is 5.88. The number of hydrogen-bond donors (Lipinski definition) is 1. The lowest BCUT2D eigenvalue weighted by Gasteiger charge is -2.25. The maximum absolute atomic E-state index is 10.7. The molecule has 0 aromatic heterocycles. The van der Waals surface area contributed by atoms with Gasteiger partial charge in [0.05, 0.1) is 5.56 Å². The molecule has 4 heteroatoms. The molecule has 0 bridgehead atoms. The topological polar surface area (TPSA) is 40.5 Å². The molecular formula is C13H17NO2S. The van der Waals surface area contributed by atoms with Crippen molar-refractivity contribution in [3.8, 4) is 0 Å². The summed E-state index contributed by atoms with van der Waals surface area (Å²) >= 11 is 2.02. The fraction of sp³-hybridized carbons (Fsp3) is 0.462. The lowest BCUT2D eigenvalue weighted by molar-refractivity contribution is 0.0697. The van der Waals surface area contributed by atoms with Crippen LogP contribution in [0.15, 0.2) is 24.3 Å². The van der Waals surface area contributed by atoms with E-state index in [0.29, 0.717) is 5.56 Å². The van der Waals surface area contributed by atoms with Crippen molar-refractivity contribution >= 4 is 17.7 Å². The van der Waals surface area contributed by atoms with Crippen LogP contribution in [0.25, 0.3) is 0 Å². The molecule has 0 spiro atoms. The molecule has 17 heavy (non-hydrogen) atoms. The fourth-order valence-electron chi connectivity index (χ4n) is 1.93. The van der Waals surface area contributed by atoms with Gasteiger partial charge in [-0.15, -0.1) is 0 Å². The van der Waals surface area contributed by atoms with Crippen molar-refractivity contribution in [3.05, 3.63) is 35.4 Å². The van der Waals surface area contributed by atoms with Crippen LogP contribution in [0.2, 0.25) is 0 Å². The maximum Gasteiger partial charge on any atom is 0.335 e. The monoisotopic (exact) mass is 251 g/mol. The lowest BCUT2D eigenvalue weighted by Crippen LogP contribution is -2.34. The number of carboxylic acids is 1. The first-order chi connectivity index (χ1) is 8.25. The van der Waals surface area contributed by atoms with Crippen molar-refractivity contribution in [2.75, 3.05) is 31.1 Å². The van der Waals surface area contributed by atoms with Gasteiger partial charge in [0.2, 0.25) is 0 Å². The van der Waals surface area contributed by atoms with E-state index < -0.39 is 5.97 Å². The number of thioether (sulfide) groups is 1. The van der Waals surface area contributed by atoms with Gasteiger partial charge >= 0.3 is 5.97 Å². The van der Waals surface area contributed by atoms with Crippen LogP contribution in [-0.4, -0.2) is 47.1 Å². The first-order valence-corrected chi connectivity index (χ1v) is 7.03. The molecule has 1 saturated heterocycles. The smallest absolute Gasteiger partial charge is 0.335 e. The Balaban J connectivity index is 1.84. The van der Waals surface area contributed by atoms with Crippen molar-refractivity contribution in [2.45, 2.75) is 6.42 Å². The molecule has 0 radical (unpaired) electrons. The highest BCUT2D eigenvalue weighted by molar-refractivity contribution is 7.99. The van der Waals surface area contributed by atoms with Crippen LogP contribution in [0.4, 0.5) is 0 Å². The predicted molar refractivity (Wildman–Crippen MR) is 70.9 cm³/mol. The second-order valence-electron chi connectivity index (χ2n) is 4.21. The number of carbonyl (C=O) groups is 1. The summed E-state index contributed by atoms with van der Waals surface area (Å²) in [4.78, 5) is 13.2. The molecule has 1 aromatic carbocycles. The summed E-state index contributed by atoms with van der Waals surface area (Å²) in [7, 11) is 0. The largest absolute Gasteiger partial charge is 0.478 e. The molecule has 1 fully saturated rings. The Morgan fingerprint density at radius 2 is 1.88 bits per heavy atom. The quantitative estimate of drug-likeness (QED) is 0.888. The maximum atomic E-state index is 10.7. The number of rotatable bonds is 4. The van der Waals surface area contributed by atoms with Crippen molar-refractivity contribution < 1.29 is 9.90 Å². The van der Waals surface area contributed by atoms with Crippen molar-refractivity contribution in [3.63, 3.8) is 0 Å². The highest BCUT2D eigenvalue weighted by Crippen LogP contribution is 2.11. The Morgan fingerprint density at radius 3 is 2.47 bits per heavy atom. The normalized spacial score (nSPS) is 16.9. The highest BCUT2D eigenvalue weighted by Gasteiger charge is 2.10. The van der Waals surface area contributed by atoms with Crippen LogP contribution in [0, 0.1) is 0 Å². The third kappa shape index (κ3) is 3.75. The average molecular weight is 251 g/mol. The molecule has 0 saturated carbocycles. The van der Waals surface area contributed by atoms with E-state index in [-0.39, 0.29) is 0 Å². The Bertz CT molecular complexity index is 372. The molecule has 1 N–H and O–H groups in total. The summed E-state index contributed by atoms with van der Waals surface area (Å²) < 4.78 is 0. The molecule has 2 rings (SSSR count). The zero-order valence-corrected chi connectivity index (χ0v) is 10.6. The molecule has 1 heterocycles. The van der Waals surface area contributed by atoms with Gasteiger partial charge in [0, 0.05) is 31.1 Å². The number of benzene rings is 1. The molecule has 0 atom stereocenters. The van der Waals surface area contributed by atoms with E-state index in [0.717, 1.165) is 13.0 Å². The number of carboxylic acid groups (broad SMARTS) is 1. The number of nitrogens with zero attached hydrogens (tertiary/aromatic N) is 1. The third-order valence-electron chi connectivity index (χ3n) is 3.02. The van der Waals surface area contributed by atoms with Crippen LogP contribution in [0.1, 0.15) is 15.9 Å². The van der Waals surface area contributed by atoms with Crippen molar-refractivity contribution in [2.24, 2.45) is 0 Å². The Kier molecular flexibility index (Phi) is 4.45. The van der Waals surface area contributed by atoms with E-state index in [9.17, 15) is 4.79 Å². The van der Waals surface area contributed by atoms with Gasteiger partial charge in [-0.05, 0) is 24.1 Å². The number of aromatic carboxylic acids is 1. The minimum atomic E-state index is -0.857. The highest BCUT2D eigenvalue weighted by atomic mass is 32.2. The van der Waals surface area contributed by atoms with E-state index in [4.69, 9.17) is 5.11 Å². The minimum absolute atomic E-state index is 0.364. The SMILES string of the molecule is O=C(O)c1ccc(CCN2CCSCC2)cc1. The van der Waals surface area contributed by atoms with Crippen LogP contribution in [0.5, 0.6) is 0 Å². The van der Waals surface area contributed by atoms with E-state index in [1.54, 1.807) is 12.1 Å². The predicted octanol–water partition coefficient (Wildman–Crippen LogP) is 1.98. The van der Waals surface area contributed by atoms with E-state index in [1.165, 1.54) is 30.2 Å². The second kappa shape index (κ2) is 6.07. The van der Waals surface area contributed by atoms with Gasteiger partial charge in [-0.2, -0.15) is 11.8 Å². The standard InChI is InChI=1S/C13H17NO2S/c15-13(16)12-3-1-11(2-4-12)5-6-14-7-9-17-10-8-14/h1-4H,5-10H2,(H,15,16). The average Bonchev–Trinajstić information content (AvgIpc) is 2.38. The van der Waals surface area contributed by atoms with Gasteiger partial charge in [-0.25, -0.2) is 4.79 Å². The molecular weight excluding hydrogens is 234 g/mol. The fourth-order valence-corrected chi connectivity index (χ4v) is 2.90. The van der Waals surface area contributed by atoms with Gasteiger partial charge in [-0.1, -0.05) is 12.1 Å². The molecule has 1 aliphatic heterocycles. The molecule has 1 aliphatic rings. The van der Waals surface area contributed by atoms with Crippen molar-refractivity contribution in [1.29, 1.82) is 0 Å². The molecule has 0 aliphatic carbocycles. The Labute approximate surface area is 106 Å². The molecule has 3 nitrogen and oxygen atoms in total. The molecule has 92 valence electrons. The van der Waals surface area contributed by atoms with Crippen LogP contribution in [-0.2, 0) is 6.42 Å². The summed E-state index contributed by atoms with van der Waals surface area (Å²) in [5.74, 6) is 1.61. The molecule has 1 aromatic rings. The summed E-state index contributed by atoms with van der Waals surface area (Å²) in [5.41, 5.74) is 1.58. The van der Waals surface area contributed by atoms with Crippen molar-refractivity contribution in [1.82, 2.24) is 4.90 Å². The van der Waals surface area contributed by atoms with Gasteiger partial charge in [0.1, 0.15) is 0 Å². The summed E-state index contributed by atoms with van der Waals surface area (Å²) in [6.07, 6.45) is 1.00. The van der Waals surface area contributed by atoms with Crippen LogP contribution < -0.4 is 0 Å². The van der Waals surface area contributed by atoms with Crippen LogP contribution >= 0.6 is 11.8 Å². The summed E-state index contributed by atoms with van der Waals surface area (Å²) in [5, 5.41) is 8.80. The first kappa shape index (κ1) is 12.5. The molecule has 0 unspecified atom stereocenters. The summed E-state index contributed by atoms with van der Waals surface area (Å²) in [6, 6.07) is 7.21.